The summed E-state index contributed by atoms with van der Waals surface area (Å²) in [7, 11) is 1.61. The van der Waals surface area contributed by atoms with Crippen molar-refractivity contribution in [1.82, 2.24) is 5.32 Å². The van der Waals surface area contributed by atoms with Crippen LogP contribution in [0.5, 0.6) is 0 Å². The molecule has 0 aromatic heterocycles. The van der Waals surface area contributed by atoms with E-state index in [4.69, 9.17) is 4.74 Å². The molecule has 104 valence electrons. The zero-order valence-electron chi connectivity index (χ0n) is 11.2. The average molecular weight is 334 g/mol. The van der Waals surface area contributed by atoms with Gasteiger partial charge >= 0.3 is 0 Å². The summed E-state index contributed by atoms with van der Waals surface area (Å²) in [5, 5.41) is 2.64. The molecule has 1 N–H and O–H groups in total. The molecule has 4 heteroatoms. The minimum atomic E-state index is -0.603. The SMILES string of the molecule is CNC(=O)C(OCc1ccccc1)c1ccc(Br)cc1. The van der Waals surface area contributed by atoms with E-state index < -0.39 is 6.10 Å². The fourth-order valence-corrected chi connectivity index (χ4v) is 2.11. The normalized spacial score (nSPS) is 11.9. The van der Waals surface area contributed by atoms with Crippen LogP contribution in [-0.2, 0) is 16.1 Å². The first-order chi connectivity index (χ1) is 9.70. The molecule has 0 aliphatic heterocycles. The summed E-state index contributed by atoms with van der Waals surface area (Å²) >= 11 is 3.38. The van der Waals surface area contributed by atoms with E-state index in [1.807, 2.05) is 54.6 Å². The third-order valence-corrected chi connectivity index (χ3v) is 3.45. The Labute approximate surface area is 127 Å². The van der Waals surface area contributed by atoms with E-state index >= 15 is 0 Å². The minimum Gasteiger partial charge on any atom is -0.359 e. The summed E-state index contributed by atoms with van der Waals surface area (Å²) in [5.41, 5.74) is 1.88. The topological polar surface area (TPSA) is 38.3 Å². The van der Waals surface area contributed by atoms with Gasteiger partial charge in [-0.15, -0.1) is 0 Å². The Morgan fingerprint density at radius 1 is 1.15 bits per heavy atom. The zero-order chi connectivity index (χ0) is 14.4. The highest BCUT2D eigenvalue weighted by Gasteiger charge is 2.20. The summed E-state index contributed by atoms with van der Waals surface area (Å²) in [6, 6.07) is 17.4. The van der Waals surface area contributed by atoms with E-state index in [0.717, 1.165) is 15.6 Å². The Hall–Kier alpha value is -1.65. The Kier molecular flexibility index (Phi) is 5.32. The number of hydrogen-bond acceptors (Lipinski definition) is 2. The van der Waals surface area contributed by atoms with Gasteiger partial charge in [0.25, 0.3) is 5.91 Å². The van der Waals surface area contributed by atoms with Crippen molar-refractivity contribution in [2.24, 2.45) is 0 Å². The molecule has 2 aromatic rings. The lowest BCUT2D eigenvalue weighted by Gasteiger charge is -2.17. The number of halogens is 1. The summed E-state index contributed by atoms with van der Waals surface area (Å²) in [6.45, 7) is 0.398. The van der Waals surface area contributed by atoms with Crippen LogP contribution in [0.3, 0.4) is 0 Å². The van der Waals surface area contributed by atoms with Gasteiger partial charge in [0.1, 0.15) is 0 Å². The lowest BCUT2D eigenvalue weighted by Crippen LogP contribution is -2.27. The fraction of sp³-hybridized carbons (Fsp3) is 0.188. The van der Waals surface area contributed by atoms with E-state index in [1.165, 1.54) is 0 Å². The summed E-state index contributed by atoms with van der Waals surface area (Å²) in [5.74, 6) is -0.150. The van der Waals surface area contributed by atoms with Gasteiger partial charge in [0.05, 0.1) is 6.61 Å². The number of carbonyl (C=O) groups is 1. The molecule has 0 bridgehead atoms. The van der Waals surface area contributed by atoms with Crippen molar-refractivity contribution in [3.05, 3.63) is 70.2 Å². The van der Waals surface area contributed by atoms with Crippen molar-refractivity contribution in [1.29, 1.82) is 0 Å². The number of likely N-dealkylation sites (N-methyl/N-ethyl adjacent to an activating group) is 1. The van der Waals surface area contributed by atoms with Crippen molar-refractivity contribution < 1.29 is 9.53 Å². The number of hydrogen-bond donors (Lipinski definition) is 1. The third kappa shape index (κ3) is 3.92. The van der Waals surface area contributed by atoms with Crippen molar-refractivity contribution >= 4 is 21.8 Å². The van der Waals surface area contributed by atoms with Crippen LogP contribution in [0.1, 0.15) is 17.2 Å². The largest absolute Gasteiger partial charge is 0.359 e. The molecular weight excluding hydrogens is 318 g/mol. The molecule has 0 radical (unpaired) electrons. The van der Waals surface area contributed by atoms with Gasteiger partial charge < -0.3 is 10.1 Å². The maximum Gasteiger partial charge on any atom is 0.253 e. The van der Waals surface area contributed by atoms with E-state index in [0.29, 0.717) is 6.61 Å². The highest BCUT2D eigenvalue weighted by Crippen LogP contribution is 2.21. The van der Waals surface area contributed by atoms with Gasteiger partial charge in [0.15, 0.2) is 6.10 Å². The van der Waals surface area contributed by atoms with Gasteiger partial charge in [-0.05, 0) is 23.3 Å². The number of benzene rings is 2. The molecular formula is C16H16BrNO2. The predicted molar refractivity (Wildman–Crippen MR) is 82.2 cm³/mol. The molecule has 0 aliphatic carbocycles. The molecule has 1 unspecified atom stereocenters. The van der Waals surface area contributed by atoms with Gasteiger partial charge in [-0.25, -0.2) is 0 Å². The molecule has 2 aromatic carbocycles. The smallest absolute Gasteiger partial charge is 0.253 e. The molecule has 0 fully saturated rings. The molecule has 3 nitrogen and oxygen atoms in total. The van der Waals surface area contributed by atoms with Crippen molar-refractivity contribution in [2.75, 3.05) is 7.05 Å². The van der Waals surface area contributed by atoms with Gasteiger partial charge in [-0.2, -0.15) is 0 Å². The van der Waals surface area contributed by atoms with E-state index in [9.17, 15) is 4.79 Å². The quantitative estimate of drug-likeness (QED) is 0.909. The first kappa shape index (κ1) is 14.8. The second kappa shape index (κ2) is 7.22. The molecule has 0 spiro atoms. The highest BCUT2D eigenvalue weighted by molar-refractivity contribution is 9.10. The Bertz CT molecular complexity index is 554. The Morgan fingerprint density at radius 3 is 2.40 bits per heavy atom. The summed E-state index contributed by atoms with van der Waals surface area (Å²) in [6.07, 6.45) is -0.603. The van der Waals surface area contributed by atoms with Crippen molar-refractivity contribution in [3.63, 3.8) is 0 Å². The molecule has 1 amide bonds. The van der Waals surface area contributed by atoms with E-state index in [-0.39, 0.29) is 5.91 Å². The number of amides is 1. The van der Waals surface area contributed by atoms with Crippen LogP contribution in [0.2, 0.25) is 0 Å². The third-order valence-electron chi connectivity index (χ3n) is 2.92. The van der Waals surface area contributed by atoms with E-state index in [2.05, 4.69) is 21.2 Å². The van der Waals surface area contributed by atoms with Crippen molar-refractivity contribution in [3.8, 4) is 0 Å². The average Bonchev–Trinajstić information content (AvgIpc) is 2.50. The van der Waals surface area contributed by atoms with Crippen LogP contribution < -0.4 is 5.32 Å². The van der Waals surface area contributed by atoms with Gasteiger partial charge in [0.2, 0.25) is 0 Å². The lowest BCUT2D eigenvalue weighted by atomic mass is 10.1. The lowest BCUT2D eigenvalue weighted by molar-refractivity contribution is -0.133. The highest BCUT2D eigenvalue weighted by atomic mass is 79.9. The fourth-order valence-electron chi connectivity index (χ4n) is 1.85. The molecule has 0 saturated heterocycles. The van der Waals surface area contributed by atoms with Crippen LogP contribution in [0.15, 0.2) is 59.1 Å². The molecule has 1 atom stereocenters. The number of ether oxygens (including phenoxy) is 1. The Balaban J connectivity index is 2.12. The van der Waals surface area contributed by atoms with Crippen LogP contribution in [-0.4, -0.2) is 13.0 Å². The van der Waals surface area contributed by atoms with E-state index in [1.54, 1.807) is 7.05 Å². The first-order valence-corrected chi connectivity index (χ1v) is 7.12. The maximum absolute atomic E-state index is 12.0. The minimum absolute atomic E-state index is 0.150. The molecule has 0 aliphatic rings. The van der Waals surface area contributed by atoms with Gasteiger partial charge in [0, 0.05) is 11.5 Å². The van der Waals surface area contributed by atoms with Crippen molar-refractivity contribution in [2.45, 2.75) is 12.7 Å². The number of carbonyl (C=O) groups excluding carboxylic acids is 1. The standard InChI is InChI=1S/C16H16BrNO2/c1-18-16(19)15(13-7-9-14(17)10-8-13)20-11-12-5-3-2-4-6-12/h2-10,15H,11H2,1H3,(H,18,19). The second-order valence-corrected chi connectivity index (χ2v) is 5.26. The first-order valence-electron chi connectivity index (χ1n) is 6.33. The molecule has 2 rings (SSSR count). The predicted octanol–water partition coefficient (Wildman–Crippen LogP) is 3.45. The van der Waals surface area contributed by atoms with Gasteiger partial charge in [-0.1, -0.05) is 58.4 Å². The summed E-state index contributed by atoms with van der Waals surface area (Å²) in [4.78, 5) is 12.0. The molecule has 20 heavy (non-hydrogen) atoms. The van der Waals surface area contributed by atoms with Crippen LogP contribution in [0.4, 0.5) is 0 Å². The Morgan fingerprint density at radius 2 is 1.80 bits per heavy atom. The maximum atomic E-state index is 12.0. The van der Waals surface area contributed by atoms with Gasteiger partial charge in [-0.3, -0.25) is 4.79 Å². The molecule has 0 heterocycles. The second-order valence-electron chi connectivity index (χ2n) is 4.34. The monoisotopic (exact) mass is 333 g/mol. The number of rotatable bonds is 5. The van der Waals surface area contributed by atoms with Crippen LogP contribution >= 0.6 is 15.9 Å². The summed E-state index contributed by atoms with van der Waals surface area (Å²) < 4.78 is 6.75. The zero-order valence-corrected chi connectivity index (χ0v) is 12.8. The van der Waals surface area contributed by atoms with Crippen LogP contribution in [0.25, 0.3) is 0 Å². The van der Waals surface area contributed by atoms with Crippen LogP contribution in [0, 0.1) is 0 Å². The molecule has 0 saturated carbocycles. The number of nitrogens with one attached hydrogen (secondary N) is 1.